The van der Waals surface area contributed by atoms with Gasteiger partial charge in [0.05, 0.1) is 6.54 Å². The van der Waals surface area contributed by atoms with E-state index < -0.39 is 0 Å². The maximum atomic E-state index is 11.8. The summed E-state index contributed by atoms with van der Waals surface area (Å²) >= 11 is 0. The van der Waals surface area contributed by atoms with Gasteiger partial charge >= 0.3 is 0 Å². The van der Waals surface area contributed by atoms with Gasteiger partial charge in [0.25, 0.3) is 5.91 Å². The molecule has 1 heterocycles. The molecule has 0 aliphatic heterocycles. The number of benzene rings is 2. The third-order valence-electron chi connectivity index (χ3n) is 4.54. The summed E-state index contributed by atoms with van der Waals surface area (Å²) in [5.74, 6) is 0.683. The minimum atomic E-state index is -0.0883. The average molecular weight is 377 g/mol. The molecule has 0 saturated heterocycles. The molecule has 0 unspecified atom stereocenters. The molecule has 2 aromatic carbocycles. The molecule has 0 saturated carbocycles. The smallest absolute Gasteiger partial charge is 0.251 e. The van der Waals surface area contributed by atoms with Gasteiger partial charge in [0, 0.05) is 42.8 Å². The molecule has 3 aromatic rings. The standard InChI is InChI=1S/C22H27N5O/c1-3-24-22(27-14-16-7-6-8-17(13-16)21(28)23-2)25-12-11-18-15-26-20-10-5-4-9-19(18)20/h4-10,13,15,26H,3,11-12,14H2,1-2H3,(H,23,28)(H2,24,25,27). The topological polar surface area (TPSA) is 81.3 Å². The summed E-state index contributed by atoms with van der Waals surface area (Å²) in [6.45, 7) is 4.12. The van der Waals surface area contributed by atoms with E-state index in [-0.39, 0.29) is 5.91 Å². The van der Waals surface area contributed by atoms with Crippen molar-refractivity contribution in [2.75, 3.05) is 20.1 Å². The Balaban J connectivity index is 1.60. The number of nitrogens with one attached hydrogen (secondary N) is 4. The highest BCUT2D eigenvalue weighted by Crippen LogP contribution is 2.17. The van der Waals surface area contributed by atoms with Crippen molar-refractivity contribution < 1.29 is 4.79 Å². The second-order valence-electron chi connectivity index (χ2n) is 6.51. The van der Waals surface area contributed by atoms with Crippen molar-refractivity contribution in [1.29, 1.82) is 0 Å². The number of aromatic nitrogens is 1. The quantitative estimate of drug-likeness (QED) is 0.378. The van der Waals surface area contributed by atoms with Crippen LogP contribution in [-0.2, 0) is 13.0 Å². The van der Waals surface area contributed by atoms with E-state index in [1.54, 1.807) is 13.1 Å². The Bertz CT molecular complexity index is 960. The van der Waals surface area contributed by atoms with E-state index in [2.05, 4.69) is 50.3 Å². The SMILES string of the molecule is CCNC(=NCc1cccc(C(=O)NC)c1)NCCc1c[nH]c2ccccc12. The second kappa shape index (κ2) is 9.60. The third-order valence-corrected chi connectivity index (χ3v) is 4.54. The number of hydrogen-bond donors (Lipinski definition) is 4. The molecule has 146 valence electrons. The number of carbonyl (C=O) groups is 1. The van der Waals surface area contributed by atoms with Gasteiger partial charge in [-0.3, -0.25) is 4.79 Å². The van der Waals surface area contributed by atoms with Crippen LogP contribution in [0.2, 0.25) is 0 Å². The zero-order valence-corrected chi connectivity index (χ0v) is 16.4. The van der Waals surface area contributed by atoms with Crippen LogP contribution < -0.4 is 16.0 Å². The number of amides is 1. The first-order chi connectivity index (χ1) is 13.7. The highest BCUT2D eigenvalue weighted by Gasteiger charge is 2.05. The largest absolute Gasteiger partial charge is 0.361 e. The molecule has 3 rings (SSSR count). The van der Waals surface area contributed by atoms with Crippen LogP contribution in [0.25, 0.3) is 10.9 Å². The average Bonchev–Trinajstić information content (AvgIpc) is 3.15. The van der Waals surface area contributed by atoms with Gasteiger partial charge in [-0.15, -0.1) is 0 Å². The Labute approximate surface area is 165 Å². The van der Waals surface area contributed by atoms with Crippen molar-refractivity contribution in [1.82, 2.24) is 20.9 Å². The first kappa shape index (κ1) is 19.5. The summed E-state index contributed by atoms with van der Waals surface area (Å²) in [6, 6.07) is 15.9. The van der Waals surface area contributed by atoms with Crippen molar-refractivity contribution in [3.8, 4) is 0 Å². The molecule has 1 aromatic heterocycles. The lowest BCUT2D eigenvalue weighted by Crippen LogP contribution is -2.38. The number of aromatic amines is 1. The molecule has 6 heteroatoms. The number of guanidine groups is 1. The maximum Gasteiger partial charge on any atom is 0.251 e. The molecule has 0 spiro atoms. The maximum absolute atomic E-state index is 11.8. The summed E-state index contributed by atoms with van der Waals surface area (Å²) in [5.41, 5.74) is 4.09. The lowest BCUT2D eigenvalue weighted by molar-refractivity contribution is 0.0963. The van der Waals surface area contributed by atoms with Crippen molar-refractivity contribution >= 4 is 22.8 Å². The van der Waals surface area contributed by atoms with Crippen molar-refractivity contribution in [3.05, 3.63) is 71.4 Å². The molecule has 4 N–H and O–H groups in total. The van der Waals surface area contributed by atoms with Gasteiger partial charge in [-0.05, 0) is 42.7 Å². The summed E-state index contributed by atoms with van der Waals surface area (Å²) < 4.78 is 0. The third kappa shape index (κ3) is 4.91. The lowest BCUT2D eigenvalue weighted by Gasteiger charge is -2.11. The molecule has 0 aliphatic rings. The van der Waals surface area contributed by atoms with E-state index in [4.69, 9.17) is 0 Å². The number of fused-ring (bicyclic) bond motifs is 1. The Morgan fingerprint density at radius 1 is 1.11 bits per heavy atom. The zero-order valence-electron chi connectivity index (χ0n) is 16.4. The van der Waals surface area contributed by atoms with Crippen molar-refractivity contribution in [2.24, 2.45) is 4.99 Å². The number of hydrogen-bond acceptors (Lipinski definition) is 2. The summed E-state index contributed by atoms with van der Waals surface area (Å²) in [6.07, 6.45) is 2.97. The van der Waals surface area contributed by atoms with Crippen LogP contribution in [0.5, 0.6) is 0 Å². The van der Waals surface area contributed by atoms with Gasteiger partial charge in [0.15, 0.2) is 5.96 Å². The van der Waals surface area contributed by atoms with Gasteiger partial charge in [-0.1, -0.05) is 30.3 Å². The monoisotopic (exact) mass is 377 g/mol. The summed E-state index contributed by atoms with van der Waals surface area (Å²) in [5, 5.41) is 10.6. The van der Waals surface area contributed by atoms with Crippen LogP contribution >= 0.6 is 0 Å². The van der Waals surface area contributed by atoms with Crippen LogP contribution in [0, 0.1) is 0 Å². The second-order valence-corrected chi connectivity index (χ2v) is 6.51. The highest BCUT2D eigenvalue weighted by molar-refractivity contribution is 5.94. The normalized spacial score (nSPS) is 11.4. The lowest BCUT2D eigenvalue weighted by atomic mass is 10.1. The molecular weight excluding hydrogens is 350 g/mol. The van der Waals surface area contributed by atoms with Crippen LogP contribution in [0.15, 0.2) is 59.7 Å². The van der Waals surface area contributed by atoms with E-state index in [1.807, 2.05) is 31.2 Å². The van der Waals surface area contributed by atoms with Gasteiger partial charge in [-0.25, -0.2) is 4.99 Å². The molecule has 28 heavy (non-hydrogen) atoms. The van der Waals surface area contributed by atoms with E-state index in [0.717, 1.165) is 36.6 Å². The summed E-state index contributed by atoms with van der Waals surface area (Å²) in [7, 11) is 1.63. The minimum Gasteiger partial charge on any atom is -0.361 e. The number of carbonyl (C=O) groups excluding carboxylic acids is 1. The number of H-pyrrole nitrogens is 1. The number of para-hydroxylation sites is 1. The van der Waals surface area contributed by atoms with Gasteiger partial charge in [0.2, 0.25) is 0 Å². The van der Waals surface area contributed by atoms with Crippen LogP contribution in [-0.4, -0.2) is 37.0 Å². The fraction of sp³-hybridized carbons (Fsp3) is 0.273. The Kier molecular flexibility index (Phi) is 6.68. The first-order valence-electron chi connectivity index (χ1n) is 9.59. The fourth-order valence-corrected chi connectivity index (χ4v) is 3.12. The fourth-order valence-electron chi connectivity index (χ4n) is 3.12. The molecule has 0 radical (unpaired) electrons. The molecule has 0 aliphatic carbocycles. The minimum absolute atomic E-state index is 0.0883. The zero-order chi connectivity index (χ0) is 19.8. The Hall–Kier alpha value is -3.28. The molecular formula is C22H27N5O. The van der Waals surface area contributed by atoms with Crippen molar-refractivity contribution in [2.45, 2.75) is 19.9 Å². The van der Waals surface area contributed by atoms with Crippen LogP contribution in [0.4, 0.5) is 0 Å². The molecule has 0 atom stereocenters. The Morgan fingerprint density at radius 2 is 1.96 bits per heavy atom. The molecule has 0 bridgehead atoms. The summed E-state index contributed by atoms with van der Waals surface area (Å²) in [4.78, 5) is 19.7. The van der Waals surface area contributed by atoms with E-state index >= 15 is 0 Å². The number of aliphatic imine (C=N–C) groups is 1. The first-order valence-corrected chi connectivity index (χ1v) is 9.59. The predicted molar refractivity (Wildman–Crippen MR) is 115 cm³/mol. The van der Waals surface area contributed by atoms with E-state index in [0.29, 0.717) is 12.1 Å². The van der Waals surface area contributed by atoms with Gasteiger partial charge in [-0.2, -0.15) is 0 Å². The Morgan fingerprint density at radius 3 is 2.79 bits per heavy atom. The van der Waals surface area contributed by atoms with Crippen molar-refractivity contribution in [3.63, 3.8) is 0 Å². The predicted octanol–water partition coefficient (Wildman–Crippen LogP) is 2.83. The van der Waals surface area contributed by atoms with Gasteiger partial charge < -0.3 is 20.9 Å². The number of nitrogens with zero attached hydrogens (tertiary/aromatic N) is 1. The highest BCUT2D eigenvalue weighted by atomic mass is 16.1. The number of rotatable bonds is 7. The van der Waals surface area contributed by atoms with Crippen LogP contribution in [0.1, 0.15) is 28.4 Å². The molecule has 1 amide bonds. The van der Waals surface area contributed by atoms with E-state index in [1.165, 1.54) is 10.9 Å². The van der Waals surface area contributed by atoms with Crippen LogP contribution in [0.3, 0.4) is 0 Å². The molecule has 6 nitrogen and oxygen atoms in total. The molecule has 0 fully saturated rings. The van der Waals surface area contributed by atoms with E-state index in [9.17, 15) is 4.79 Å². The van der Waals surface area contributed by atoms with Gasteiger partial charge in [0.1, 0.15) is 0 Å².